The van der Waals surface area contributed by atoms with Gasteiger partial charge in [0.25, 0.3) is 0 Å². The van der Waals surface area contributed by atoms with E-state index in [-0.39, 0.29) is 0 Å². The predicted octanol–water partition coefficient (Wildman–Crippen LogP) is 2.10. The third-order valence-corrected chi connectivity index (χ3v) is 5.27. The molecule has 0 atom stereocenters. The van der Waals surface area contributed by atoms with Gasteiger partial charge in [0.15, 0.2) is 5.65 Å². The number of nitrogens with zero attached hydrogens (tertiary/aromatic N) is 5. The van der Waals surface area contributed by atoms with Crippen LogP contribution < -0.4 is 5.32 Å². The van der Waals surface area contributed by atoms with Crippen LogP contribution in [0.15, 0.2) is 12.5 Å². The molecular formula is C17H24N6O. The number of fused-ring (bicyclic) bond motifs is 1. The van der Waals surface area contributed by atoms with Crippen molar-refractivity contribution < 1.29 is 4.79 Å². The van der Waals surface area contributed by atoms with Crippen LogP contribution in [0.4, 0.5) is 5.82 Å². The van der Waals surface area contributed by atoms with Crippen LogP contribution in [0.3, 0.4) is 0 Å². The second-order valence-corrected chi connectivity index (χ2v) is 6.96. The average molecular weight is 328 g/mol. The highest BCUT2D eigenvalue weighted by molar-refractivity contribution is 5.85. The molecule has 0 unspecified atom stereocenters. The molecule has 0 radical (unpaired) electrons. The number of carbonyl (C=O) groups excluding carboxylic acids is 1. The van der Waals surface area contributed by atoms with Crippen molar-refractivity contribution in [1.29, 1.82) is 0 Å². The first-order valence-corrected chi connectivity index (χ1v) is 8.91. The second-order valence-electron chi connectivity index (χ2n) is 6.96. The fourth-order valence-electron chi connectivity index (χ4n) is 4.00. The topological polar surface area (TPSA) is 75.9 Å². The second kappa shape index (κ2) is 6.37. The number of amides is 1. The molecule has 3 heterocycles. The molecule has 0 aromatic carbocycles. The van der Waals surface area contributed by atoms with Crippen molar-refractivity contribution in [3.63, 3.8) is 0 Å². The first-order chi connectivity index (χ1) is 11.7. The predicted molar refractivity (Wildman–Crippen MR) is 91.5 cm³/mol. The van der Waals surface area contributed by atoms with Crippen LogP contribution >= 0.6 is 0 Å². The van der Waals surface area contributed by atoms with E-state index in [9.17, 15) is 4.79 Å². The number of hydrogen-bond acceptors (Lipinski definition) is 5. The monoisotopic (exact) mass is 328 g/mol. The van der Waals surface area contributed by atoms with E-state index in [1.165, 1.54) is 0 Å². The highest BCUT2D eigenvalue weighted by Gasteiger charge is 2.30. The number of likely N-dealkylation sites (tertiary alicyclic amines) is 1. The van der Waals surface area contributed by atoms with Gasteiger partial charge in [-0.05, 0) is 38.5 Å². The van der Waals surface area contributed by atoms with Crippen LogP contribution in [0.5, 0.6) is 0 Å². The Morgan fingerprint density at radius 1 is 1.17 bits per heavy atom. The molecule has 24 heavy (non-hydrogen) atoms. The maximum Gasteiger partial charge on any atom is 0.222 e. The maximum absolute atomic E-state index is 12.1. The molecule has 1 aliphatic heterocycles. The Hall–Kier alpha value is -2.18. The third-order valence-electron chi connectivity index (χ3n) is 5.27. The molecule has 2 aromatic heterocycles. The number of piperidine rings is 1. The summed E-state index contributed by atoms with van der Waals surface area (Å²) in [6.45, 7) is 0.948. The highest BCUT2D eigenvalue weighted by Crippen LogP contribution is 2.29. The number of aryl methyl sites for hydroxylation is 1. The van der Waals surface area contributed by atoms with Crippen LogP contribution in [0, 0.1) is 0 Å². The first kappa shape index (κ1) is 15.4. The lowest BCUT2D eigenvalue weighted by atomic mass is 9.89. The first-order valence-electron chi connectivity index (χ1n) is 8.91. The minimum absolute atomic E-state index is 0.352. The highest BCUT2D eigenvalue weighted by atomic mass is 16.2. The third kappa shape index (κ3) is 2.95. The summed E-state index contributed by atoms with van der Waals surface area (Å²) in [6, 6.07) is 0.833. The summed E-state index contributed by atoms with van der Waals surface area (Å²) in [4.78, 5) is 22.8. The quantitative estimate of drug-likeness (QED) is 0.934. The molecule has 2 aromatic rings. The Kier molecular flexibility index (Phi) is 4.08. The van der Waals surface area contributed by atoms with Crippen LogP contribution in [-0.2, 0) is 11.8 Å². The maximum atomic E-state index is 12.1. The van der Waals surface area contributed by atoms with Crippen molar-refractivity contribution in [2.75, 3.05) is 11.9 Å². The van der Waals surface area contributed by atoms with Gasteiger partial charge in [-0.1, -0.05) is 0 Å². The number of anilines is 1. The summed E-state index contributed by atoms with van der Waals surface area (Å²) in [5.74, 6) is 1.22. The fraction of sp³-hybridized carbons (Fsp3) is 0.647. The minimum Gasteiger partial charge on any atom is -0.367 e. The molecule has 1 amide bonds. The average Bonchev–Trinajstić information content (AvgIpc) is 2.98. The summed E-state index contributed by atoms with van der Waals surface area (Å²) in [7, 11) is 1.90. The van der Waals surface area contributed by atoms with E-state index in [4.69, 9.17) is 0 Å². The molecular weight excluding hydrogens is 304 g/mol. The smallest absolute Gasteiger partial charge is 0.222 e. The number of rotatable bonds is 3. The fourth-order valence-corrected chi connectivity index (χ4v) is 4.00. The van der Waals surface area contributed by atoms with Gasteiger partial charge >= 0.3 is 0 Å². The normalized spacial score (nSPS) is 25.2. The Balaban J connectivity index is 1.40. The Bertz CT molecular complexity index is 734. The molecule has 7 nitrogen and oxygen atoms in total. The molecule has 0 spiro atoms. The molecule has 0 bridgehead atoms. The zero-order valence-electron chi connectivity index (χ0n) is 14.1. The molecule has 2 aliphatic rings. The van der Waals surface area contributed by atoms with E-state index in [1.54, 1.807) is 11.0 Å². The lowest BCUT2D eigenvalue weighted by Crippen LogP contribution is -2.46. The zero-order valence-corrected chi connectivity index (χ0v) is 14.1. The van der Waals surface area contributed by atoms with Gasteiger partial charge in [-0.3, -0.25) is 9.48 Å². The number of aromatic nitrogens is 4. The molecule has 1 saturated carbocycles. The summed E-state index contributed by atoms with van der Waals surface area (Å²) in [6.07, 6.45) is 10.8. The molecule has 1 N–H and O–H groups in total. The SMILES string of the molecule is Cn1cc2c(NC3CCC(N4CCCCC4=O)CC3)ncnc2n1. The lowest BCUT2D eigenvalue weighted by molar-refractivity contribution is -0.136. The van der Waals surface area contributed by atoms with Gasteiger partial charge < -0.3 is 10.2 Å². The lowest BCUT2D eigenvalue weighted by Gasteiger charge is -2.39. The van der Waals surface area contributed by atoms with E-state index in [0.717, 1.165) is 68.3 Å². The Morgan fingerprint density at radius 3 is 2.79 bits per heavy atom. The van der Waals surface area contributed by atoms with E-state index >= 15 is 0 Å². The van der Waals surface area contributed by atoms with E-state index in [0.29, 0.717) is 18.0 Å². The van der Waals surface area contributed by atoms with Crippen molar-refractivity contribution >= 4 is 22.8 Å². The van der Waals surface area contributed by atoms with Gasteiger partial charge in [-0.2, -0.15) is 5.10 Å². The van der Waals surface area contributed by atoms with Gasteiger partial charge in [-0.15, -0.1) is 0 Å². The number of nitrogens with one attached hydrogen (secondary N) is 1. The van der Waals surface area contributed by atoms with Crippen LogP contribution in [0.25, 0.3) is 11.0 Å². The zero-order chi connectivity index (χ0) is 16.5. The summed E-state index contributed by atoms with van der Waals surface area (Å²) >= 11 is 0. The summed E-state index contributed by atoms with van der Waals surface area (Å²) in [5, 5.41) is 8.86. The molecule has 7 heteroatoms. The molecule has 1 saturated heterocycles. The Morgan fingerprint density at radius 2 is 2.00 bits per heavy atom. The molecule has 2 fully saturated rings. The van der Waals surface area contributed by atoms with E-state index < -0.39 is 0 Å². The van der Waals surface area contributed by atoms with Gasteiger partial charge in [0.05, 0.1) is 5.39 Å². The van der Waals surface area contributed by atoms with Crippen molar-refractivity contribution in [2.45, 2.75) is 57.0 Å². The Labute approximate surface area is 141 Å². The van der Waals surface area contributed by atoms with Crippen molar-refractivity contribution in [3.05, 3.63) is 12.5 Å². The van der Waals surface area contributed by atoms with Gasteiger partial charge in [-0.25, -0.2) is 9.97 Å². The van der Waals surface area contributed by atoms with Gasteiger partial charge in [0.2, 0.25) is 5.91 Å². The van der Waals surface area contributed by atoms with Crippen LogP contribution in [-0.4, -0.2) is 49.2 Å². The van der Waals surface area contributed by atoms with Gasteiger partial charge in [0, 0.05) is 38.3 Å². The van der Waals surface area contributed by atoms with Gasteiger partial charge in [0.1, 0.15) is 12.1 Å². The minimum atomic E-state index is 0.352. The number of hydrogen-bond donors (Lipinski definition) is 1. The standard InChI is InChI=1S/C17H24N6O/c1-22-10-14-16(18-11-19-17(14)21-22)20-12-5-7-13(8-6-12)23-9-3-2-4-15(23)24/h10-13H,2-9H2,1H3,(H,18,19,20,21). The molecule has 128 valence electrons. The van der Waals surface area contributed by atoms with E-state index in [1.807, 2.05) is 13.2 Å². The summed E-state index contributed by atoms with van der Waals surface area (Å²) < 4.78 is 1.77. The van der Waals surface area contributed by atoms with Crippen LogP contribution in [0.2, 0.25) is 0 Å². The molecule has 4 rings (SSSR count). The van der Waals surface area contributed by atoms with Crippen molar-refractivity contribution in [3.8, 4) is 0 Å². The largest absolute Gasteiger partial charge is 0.367 e. The van der Waals surface area contributed by atoms with Crippen LogP contribution in [0.1, 0.15) is 44.9 Å². The number of carbonyl (C=O) groups is 1. The molecule has 1 aliphatic carbocycles. The van der Waals surface area contributed by atoms with E-state index in [2.05, 4.69) is 25.3 Å². The summed E-state index contributed by atoms with van der Waals surface area (Å²) in [5.41, 5.74) is 0.725. The van der Waals surface area contributed by atoms with Crippen molar-refractivity contribution in [2.24, 2.45) is 7.05 Å². The van der Waals surface area contributed by atoms with Crippen molar-refractivity contribution in [1.82, 2.24) is 24.6 Å².